The summed E-state index contributed by atoms with van der Waals surface area (Å²) in [5.74, 6) is -0.910. The van der Waals surface area contributed by atoms with Crippen molar-refractivity contribution in [2.45, 2.75) is 19.9 Å². The van der Waals surface area contributed by atoms with E-state index < -0.39 is 5.82 Å². The Morgan fingerprint density at radius 3 is 2.72 bits per heavy atom. The number of nitrogens with one attached hydrogen (secondary N) is 2. The Bertz CT molecular complexity index is 404. The number of rotatable bonds is 5. The Balaban J connectivity index is 0.00000289. The summed E-state index contributed by atoms with van der Waals surface area (Å²) < 4.78 is 14.1. The largest absolute Gasteiger partial charge is 0.350 e. The standard InChI is InChI=1S/C12H16BrFN2O.ClH/c1-3-15-8(2)7-16-12(17)10-5-4-9(13)6-11(10)14;/h4-6,8,15H,3,7H2,1-2H3,(H,16,17);1H/t8-;/m1./s1. The number of benzene rings is 1. The predicted octanol–water partition coefficient (Wildman–Crippen LogP) is 2.74. The molecule has 0 saturated heterocycles. The molecule has 0 unspecified atom stereocenters. The number of amides is 1. The van der Waals surface area contributed by atoms with Gasteiger partial charge in [0.1, 0.15) is 5.82 Å². The predicted molar refractivity (Wildman–Crippen MR) is 76.8 cm³/mol. The molecule has 0 bridgehead atoms. The Labute approximate surface area is 121 Å². The molecule has 6 heteroatoms. The number of hydrogen-bond donors (Lipinski definition) is 2. The third-order valence-electron chi connectivity index (χ3n) is 2.30. The van der Waals surface area contributed by atoms with E-state index in [1.54, 1.807) is 6.07 Å². The van der Waals surface area contributed by atoms with Crippen LogP contribution in [0.15, 0.2) is 22.7 Å². The van der Waals surface area contributed by atoms with Crippen molar-refractivity contribution in [2.24, 2.45) is 0 Å². The SMILES string of the molecule is CCN[C@H](C)CNC(=O)c1ccc(Br)cc1F.Cl. The van der Waals surface area contributed by atoms with Crippen LogP contribution in [0.25, 0.3) is 0 Å². The van der Waals surface area contributed by atoms with Gasteiger partial charge >= 0.3 is 0 Å². The number of carbonyl (C=O) groups excluding carboxylic acids is 1. The van der Waals surface area contributed by atoms with Crippen LogP contribution in [0.4, 0.5) is 4.39 Å². The summed E-state index contributed by atoms with van der Waals surface area (Å²) in [5, 5.41) is 5.85. The van der Waals surface area contributed by atoms with E-state index in [0.29, 0.717) is 11.0 Å². The number of carbonyl (C=O) groups is 1. The number of hydrogen-bond acceptors (Lipinski definition) is 2. The maximum Gasteiger partial charge on any atom is 0.254 e. The highest BCUT2D eigenvalue weighted by Gasteiger charge is 2.12. The normalized spacial score (nSPS) is 11.6. The van der Waals surface area contributed by atoms with Crippen LogP contribution in [0.1, 0.15) is 24.2 Å². The molecule has 0 spiro atoms. The second kappa shape index (κ2) is 8.45. The molecule has 2 N–H and O–H groups in total. The maximum absolute atomic E-state index is 13.5. The molecule has 0 radical (unpaired) electrons. The zero-order valence-electron chi connectivity index (χ0n) is 10.3. The van der Waals surface area contributed by atoms with Crippen LogP contribution in [-0.4, -0.2) is 25.0 Å². The Morgan fingerprint density at radius 1 is 1.50 bits per heavy atom. The van der Waals surface area contributed by atoms with Crippen molar-refractivity contribution in [1.82, 2.24) is 10.6 Å². The lowest BCUT2D eigenvalue weighted by Gasteiger charge is -2.13. The van der Waals surface area contributed by atoms with Crippen molar-refractivity contribution in [2.75, 3.05) is 13.1 Å². The van der Waals surface area contributed by atoms with Gasteiger partial charge in [0.15, 0.2) is 0 Å². The first-order valence-corrected chi connectivity index (χ1v) is 6.30. The topological polar surface area (TPSA) is 41.1 Å². The fourth-order valence-corrected chi connectivity index (χ4v) is 1.77. The minimum absolute atomic E-state index is 0. The van der Waals surface area contributed by atoms with E-state index in [1.165, 1.54) is 12.1 Å². The zero-order valence-corrected chi connectivity index (χ0v) is 12.7. The molecule has 1 rings (SSSR count). The molecule has 0 aliphatic carbocycles. The first-order chi connectivity index (χ1) is 8.04. The van der Waals surface area contributed by atoms with Crippen molar-refractivity contribution in [1.29, 1.82) is 0 Å². The average Bonchev–Trinajstić information content (AvgIpc) is 2.26. The van der Waals surface area contributed by atoms with E-state index in [2.05, 4.69) is 26.6 Å². The van der Waals surface area contributed by atoms with Crippen LogP contribution >= 0.6 is 28.3 Å². The minimum atomic E-state index is -0.520. The van der Waals surface area contributed by atoms with Gasteiger partial charge in [0, 0.05) is 17.1 Å². The molecular weight excluding hydrogens is 322 g/mol. The van der Waals surface area contributed by atoms with Gasteiger partial charge < -0.3 is 10.6 Å². The molecule has 3 nitrogen and oxygen atoms in total. The van der Waals surface area contributed by atoms with Crippen LogP contribution in [-0.2, 0) is 0 Å². The van der Waals surface area contributed by atoms with E-state index in [0.717, 1.165) is 6.54 Å². The fraction of sp³-hybridized carbons (Fsp3) is 0.417. The molecule has 1 amide bonds. The summed E-state index contributed by atoms with van der Waals surface area (Å²) in [6, 6.07) is 4.56. The summed E-state index contributed by atoms with van der Waals surface area (Å²) in [6.07, 6.45) is 0. The van der Waals surface area contributed by atoms with Gasteiger partial charge in [0.2, 0.25) is 0 Å². The summed E-state index contributed by atoms with van der Waals surface area (Å²) in [7, 11) is 0. The van der Waals surface area contributed by atoms with Gasteiger partial charge in [-0.2, -0.15) is 0 Å². The molecule has 1 aromatic carbocycles. The molecule has 0 saturated carbocycles. The summed E-state index contributed by atoms with van der Waals surface area (Å²) in [6.45, 7) is 5.26. The van der Waals surface area contributed by atoms with Crippen LogP contribution < -0.4 is 10.6 Å². The second-order valence-corrected chi connectivity index (χ2v) is 4.71. The van der Waals surface area contributed by atoms with E-state index in [-0.39, 0.29) is 29.9 Å². The molecule has 0 heterocycles. The minimum Gasteiger partial charge on any atom is -0.350 e. The third kappa shape index (κ3) is 5.33. The average molecular weight is 340 g/mol. The molecule has 0 aliphatic heterocycles. The summed E-state index contributed by atoms with van der Waals surface area (Å²) in [5.41, 5.74) is 0.0666. The van der Waals surface area contributed by atoms with Crippen molar-refractivity contribution >= 4 is 34.2 Å². The molecule has 0 aromatic heterocycles. The lowest BCUT2D eigenvalue weighted by molar-refractivity contribution is 0.0946. The van der Waals surface area contributed by atoms with Crippen molar-refractivity contribution in [3.8, 4) is 0 Å². The lowest BCUT2D eigenvalue weighted by Crippen LogP contribution is -2.39. The van der Waals surface area contributed by atoms with Crippen LogP contribution in [0.5, 0.6) is 0 Å². The van der Waals surface area contributed by atoms with Crippen LogP contribution in [0.2, 0.25) is 0 Å². The van der Waals surface area contributed by atoms with Crippen molar-refractivity contribution < 1.29 is 9.18 Å². The molecule has 102 valence electrons. The molecule has 18 heavy (non-hydrogen) atoms. The van der Waals surface area contributed by atoms with Gasteiger partial charge in [-0.05, 0) is 31.7 Å². The Kier molecular flexibility index (Phi) is 8.15. The van der Waals surface area contributed by atoms with Crippen molar-refractivity contribution in [3.63, 3.8) is 0 Å². The van der Waals surface area contributed by atoms with E-state index in [1.807, 2.05) is 13.8 Å². The highest BCUT2D eigenvalue weighted by Crippen LogP contribution is 2.15. The van der Waals surface area contributed by atoms with Gasteiger partial charge in [-0.1, -0.05) is 22.9 Å². The van der Waals surface area contributed by atoms with Gasteiger partial charge in [-0.15, -0.1) is 12.4 Å². The monoisotopic (exact) mass is 338 g/mol. The van der Waals surface area contributed by atoms with Gasteiger partial charge in [-0.25, -0.2) is 4.39 Å². The fourth-order valence-electron chi connectivity index (χ4n) is 1.44. The summed E-state index contributed by atoms with van der Waals surface area (Å²) in [4.78, 5) is 11.7. The molecule has 0 fully saturated rings. The zero-order chi connectivity index (χ0) is 12.8. The van der Waals surface area contributed by atoms with Gasteiger partial charge in [0.05, 0.1) is 5.56 Å². The van der Waals surface area contributed by atoms with Gasteiger partial charge in [0.25, 0.3) is 5.91 Å². The maximum atomic E-state index is 13.5. The molecule has 0 aliphatic rings. The van der Waals surface area contributed by atoms with E-state index >= 15 is 0 Å². The smallest absolute Gasteiger partial charge is 0.254 e. The quantitative estimate of drug-likeness (QED) is 0.866. The second-order valence-electron chi connectivity index (χ2n) is 3.79. The summed E-state index contributed by atoms with van der Waals surface area (Å²) >= 11 is 3.15. The number of halogens is 3. The molecular formula is C12H17BrClFN2O. The van der Waals surface area contributed by atoms with E-state index in [4.69, 9.17) is 0 Å². The lowest BCUT2D eigenvalue weighted by atomic mass is 10.2. The first-order valence-electron chi connectivity index (χ1n) is 5.51. The third-order valence-corrected chi connectivity index (χ3v) is 2.79. The Hall–Kier alpha value is -0.650. The molecule has 1 aromatic rings. The molecule has 1 atom stereocenters. The van der Waals surface area contributed by atoms with Gasteiger partial charge in [-0.3, -0.25) is 4.79 Å². The first kappa shape index (κ1) is 17.4. The van der Waals surface area contributed by atoms with Crippen molar-refractivity contribution in [3.05, 3.63) is 34.1 Å². The van der Waals surface area contributed by atoms with Crippen LogP contribution in [0, 0.1) is 5.82 Å². The Morgan fingerprint density at radius 2 is 2.17 bits per heavy atom. The number of likely N-dealkylation sites (N-methyl/N-ethyl adjacent to an activating group) is 1. The highest BCUT2D eigenvalue weighted by molar-refractivity contribution is 9.10. The van der Waals surface area contributed by atoms with Crippen LogP contribution in [0.3, 0.4) is 0 Å². The highest BCUT2D eigenvalue weighted by atomic mass is 79.9. The van der Waals surface area contributed by atoms with E-state index in [9.17, 15) is 9.18 Å².